The molecule has 0 saturated carbocycles. The van der Waals surface area contributed by atoms with Crippen molar-refractivity contribution in [3.63, 3.8) is 0 Å². The van der Waals surface area contributed by atoms with Crippen LogP contribution in [0.1, 0.15) is 24.2 Å². The Bertz CT molecular complexity index is 390. The Morgan fingerprint density at radius 2 is 1.84 bits per heavy atom. The van der Waals surface area contributed by atoms with Crippen LogP contribution in [-0.2, 0) is 9.47 Å². The van der Waals surface area contributed by atoms with Crippen LogP contribution in [0.3, 0.4) is 0 Å². The molecule has 106 valence electrons. The summed E-state index contributed by atoms with van der Waals surface area (Å²) in [6.45, 7) is 5.22. The largest absolute Gasteiger partial charge is 0.387 e. The predicted octanol–water partition coefficient (Wildman–Crippen LogP) is 1.86. The Hall–Kier alpha value is -1.59. The van der Waals surface area contributed by atoms with Crippen LogP contribution in [0.5, 0.6) is 0 Å². The first-order valence-corrected chi connectivity index (χ1v) is 6.51. The molecule has 0 radical (unpaired) electrons. The van der Waals surface area contributed by atoms with Crippen LogP contribution in [0, 0.1) is 0 Å². The number of benzene rings is 1. The molecule has 1 aromatic carbocycles. The molecule has 0 bridgehead atoms. The lowest BCUT2D eigenvalue weighted by Gasteiger charge is -2.18. The molecule has 1 amide bonds. The summed E-state index contributed by atoms with van der Waals surface area (Å²) >= 11 is 0. The molecule has 0 unspecified atom stereocenters. The quantitative estimate of drug-likeness (QED) is 0.705. The second-order valence-corrected chi connectivity index (χ2v) is 3.85. The minimum atomic E-state index is -0.402. The number of carbonyl (C=O) groups is 1. The monoisotopic (exact) mass is 266 g/mol. The Labute approximate surface area is 114 Å². The van der Waals surface area contributed by atoms with Crippen LogP contribution in [0.25, 0.3) is 0 Å². The van der Waals surface area contributed by atoms with Crippen molar-refractivity contribution in [1.82, 2.24) is 5.32 Å². The van der Waals surface area contributed by atoms with E-state index in [1.54, 1.807) is 13.1 Å². The van der Waals surface area contributed by atoms with Crippen LogP contribution in [0.2, 0.25) is 0 Å². The molecule has 0 heterocycles. The SMILES string of the molecule is CCOC(CNC(=O)c1ccccc1NC)OCC. The van der Waals surface area contributed by atoms with Gasteiger partial charge in [-0.3, -0.25) is 4.79 Å². The third kappa shape index (κ3) is 4.89. The number of para-hydroxylation sites is 1. The number of rotatable bonds is 8. The third-order valence-corrected chi connectivity index (χ3v) is 2.58. The molecule has 0 atom stereocenters. The Kier molecular flexibility index (Phi) is 6.92. The van der Waals surface area contributed by atoms with Crippen molar-refractivity contribution in [2.75, 3.05) is 32.1 Å². The van der Waals surface area contributed by atoms with E-state index in [1.165, 1.54) is 0 Å². The number of amides is 1. The number of nitrogens with one attached hydrogen (secondary N) is 2. The van der Waals surface area contributed by atoms with Gasteiger partial charge in [-0.2, -0.15) is 0 Å². The smallest absolute Gasteiger partial charge is 0.253 e. The summed E-state index contributed by atoms with van der Waals surface area (Å²) in [7, 11) is 1.79. The van der Waals surface area contributed by atoms with Crippen molar-refractivity contribution in [3.05, 3.63) is 29.8 Å². The Morgan fingerprint density at radius 1 is 1.21 bits per heavy atom. The van der Waals surface area contributed by atoms with Gasteiger partial charge in [0.15, 0.2) is 6.29 Å². The summed E-state index contributed by atoms with van der Waals surface area (Å²) in [4.78, 5) is 12.1. The maximum atomic E-state index is 12.1. The summed E-state index contributed by atoms with van der Waals surface area (Å²) in [5.41, 5.74) is 1.40. The summed E-state index contributed by atoms with van der Waals surface area (Å²) in [5, 5.41) is 5.81. The van der Waals surface area contributed by atoms with Crippen molar-refractivity contribution < 1.29 is 14.3 Å². The van der Waals surface area contributed by atoms with Gasteiger partial charge in [-0.15, -0.1) is 0 Å². The molecule has 5 nitrogen and oxygen atoms in total. The van der Waals surface area contributed by atoms with E-state index < -0.39 is 6.29 Å². The Morgan fingerprint density at radius 3 is 2.42 bits per heavy atom. The first-order chi connectivity index (χ1) is 9.22. The van der Waals surface area contributed by atoms with Gasteiger partial charge in [-0.05, 0) is 26.0 Å². The summed E-state index contributed by atoms with van der Waals surface area (Å²) in [6.07, 6.45) is -0.402. The van der Waals surface area contributed by atoms with Crippen LogP contribution in [0.4, 0.5) is 5.69 Å². The average Bonchev–Trinajstić information content (AvgIpc) is 2.44. The molecule has 0 aromatic heterocycles. The molecule has 0 fully saturated rings. The molecule has 0 spiro atoms. The molecular weight excluding hydrogens is 244 g/mol. The molecule has 2 N–H and O–H groups in total. The summed E-state index contributed by atoms with van der Waals surface area (Å²) < 4.78 is 10.7. The standard InChI is InChI=1S/C14H22N2O3/c1-4-18-13(19-5-2)10-16-14(17)11-8-6-7-9-12(11)15-3/h6-9,13,15H,4-5,10H2,1-3H3,(H,16,17). The van der Waals surface area contributed by atoms with Crippen molar-refractivity contribution in [2.24, 2.45) is 0 Å². The number of ether oxygens (including phenoxy) is 2. The maximum Gasteiger partial charge on any atom is 0.253 e. The molecule has 5 heteroatoms. The highest BCUT2D eigenvalue weighted by Crippen LogP contribution is 2.13. The van der Waals surface area contributed by atoms with Gasteiger partial charge in [0.1, 0.15) is 0 Å². The summed E-state index contributed by atoms with van der Waals surface area (Å²) in [6, 6.07) is 7.35. The van der Waals surface area contributed by atoms with Crippen LogP contribution < -0.4 is 10.6 Å². The fraction of sp³-hybridized carbons (Fsp3) is 0.500. The average molecular weight is 266 g/mol. The molecule has 1 aromatic rings. The van der Waals surface area contributed by atoms with Crippen molar-refractivity contribution in [1.29, 1.82) is 0 Å². The minimum Gasteiger partial charge on any atom is -0.387 e. The van der Waals surface area contributed by atoms with E-state index in [0.717, 1.165) is 5.69 Å². The number of hydrogen-bond acceptors (Lipinski definition) is 4. The molecule has 0 saturated heterocycles. The minimum absolute atomic E-state index is 0.144. The van der Waals surface area contributed by atoms with Crippen LogP contribution in [-0.4, -0.2) is 39.0 Å². The van der Waals surface area contributed by atoms with E-state index >= 15 is 0 Å². The fourth-order valence-electron chi connectivity index (χ4n) is 1.71. The van der Waals surface area contributed by atoms with Gasteiger partial charge >= 0.3 is 0 Å². The normalized spacial score (nSPS) is 10.5. The van der Waals surface area contributed by atoms with Gasteiger partial charge < -0.3 is 20.1 Å². The van der Waals surface area contributed by atoms with Crippen LogP contribution in [0.15, 0.2) is 24.3 Å². The predicted molar refractivity (Wildman–Crippen MR) is 75.4 cm³/mol. The lowest BCUT2D eigenvalue weighted by atomic mass is 10.1. The van der Waals surface area contributed by atoms with Crippen LogP contribution >= 0.6 is 0 Å². The first kappa shape index (κ1) is 15.5. The zero-order chi connectivity index (χ0) is 14.1. The van der Waals surface area contributed by atoms with E-state index in [0.29, 0.717) is 25.3 Å². The van der Waals surface area contributed by atoms with Gasteiger partial charge in [0.2, 0.25) is 0 Å². The summed E-state index contributed by atoms with van der Waals surface area (Å²) in [5.74, 6) is -0.144. The van der Waals surface area contributed by atoms with E-state index in [1.807, 2.05) is 32.0 Å². The molecular formula is C14H22N2O3. The maximum absolute atomic E-state index is 12.1. The topological polar surface area (TPSA) is 59.6 Å². The Balaban J connectivity index is 2.58. The van der Waals surface area contributed by atoms with E-state index in [9.17, 15) is 4.79 Å². The van der Waals surface area contributed by atoms with Crippen molar-refractivity contribution in [2.45, 2.75) is 20.1 Å². The molecule has 19 heavy (non-hydrogen) atoms. The number of anilines is 1. The van der Waals surface area contributed by atoms with Gasteiger partial charge in [0, 0.05) is 25.9 Å². The number of carbonyl (C=O) groups excluding carboxylic acids is 1. The molecule has 0 aliphatic carbocycles. The van der Waals surface area contributed by atoms with Gasteiger partial charge in [0.25, 0.3) is 5.91 Å². The fourth-order valence-corrected chi connectivity index (χ4v) is 1.71. The number of hydrogen-bond donors (Lipinski definition) is 2. The zero-order valence-corrected chi connectivity index (χ0v) is 11.7. The van der Waals surface area contributed by atoms with Gasteiger partial charge in [0.05, 0.1) is 12.1 Å². The lowest BCUT2D eigenvalue weighted by molar-refractivity contribution is -0.131. The first-order valence-electron chi connectivity index (χ1n) is 6.51. The van der Waals surface area contributed by atoms with Crippen molar-refractivity contribution in [3.8, 4) is 0 Å². The highest BCUT2D eigenvalue weighted by molar-refractivity contribution is 5.99. The van der Waals surface area contributed by atoms with E-state index in [2.05, 4.69) is 10.6 Å². The van der Waals surface area contributed by atoms with Crippen molar-refractivity contribution >= 4 is 11.6 Å². The highest BCUT2D eigenvalue weighted by Gasteiger charge is 2.13. The second-order valence-electron chi connectivity index (χ2n) is 3.85. The molecule has 0 aliphatic rings. The van der Waals surface area contributed by atoms with E-state index in [4.69, 9.17) is 9.47 Å². The highest BCUT2D eigenvalue weighted by atomic mass is 16.7. The second kappa shape index (κ2) is 8.50. The van der Waals surface area contributed by atoms with E-state index in [-0.39, 0.29) is 5.91 Å². The van der Waals surface area contributed by atoms with Gasteiger partial charge in [-0.1, -0.05) is 12.1 Å². The third-order valence-electron chi connectivity index (χ3n) is 2.58. The van der Waals surface area contributed by atoms with Gasteiger partial charge in [-0.25, -0.2) is 0 Å². The molecule has 1 rings (SSSR count). The lowest BCUT2D eigenvalue weighted by Crippen LogP contribution is -2.35. The zero-order valence-electron chi connectivity index (χ0n) is 11.7. The molecule has 0 aliphatic heterocycles.